The zero-order valence-corrected chi connectivity index (χ0v) is 9.91. The van der Waals surface area contributed by atoms with E-state index in [4.69, 9.17) is 5.11 Å². The van der Waals surface area contributed by atoms with Crippen molar-refractivity contribution in [1.82, 2.24) is 14.3 Å². The summed E-state index contributed by atoms with van der Waals surface area (Å²) in [5, 5.41) is 8.57. The number of nitrogens with zero attached hydrogens (tertiary/aromatic N) is 3. The number of carbonyl (C=O) groups is 2. The number of carboxylic acid groups (broad SMARTS) is 1. The molecule has 0 bridgehead atoms. The molecule has 2 rings (SSSR count). The number of pyridine rings is 1. The molecular weight excluding hydrogens is 234 g/mol. The molecule has 94 valence electrons. The number of carbonyl (C=O) groups excluding carboxylic acids is 1. The van der Waals surface area contributed by atoms with Crippen LogP contribution >= 0.6 is 0 Å². The summed E-state index contributed by atoms with van der Waals surface area (Å²) in [4.78, 5) is 28.0. The number of amides is 1. The van der Waals surface area contributed by atoms with E-state index in [0.717, 1.165) is 0 Å². The van der Waals surface area contributed by atoms with Gasteiger partial charge in [0.05, 0.1) is 6.42 Å². The summed E-state index contributed by atoms with van der Waals surface area (Å²) in [6, 6.07) is 5.48. The molecule has 0 fully saturated rings. The quantitative estimate of drug-likeness (QED) is 0.870. The molecule has 0 aliphatic rings. The first-order chi connectivity index (χ1) is 8.58. The van der Waals surface area contributed by atoms with Gasteiger partial charge in [0, 0.05) is 26.0 Å². The summed E-state index contributed by atoms with van der Waals surface area (Å²) < 4.78 is 1.75. The summed E-state index contributed by atoms with van der Waals surface area (Å²) in [5.41, 5.74) is 1.00. The Morgan fingerprint density at radius 2 is 2.22 bits per heavy atom. The van der Waals surface area contributed by atoms with E-state index in [1.165, 1.54) is 4.90 Å². The molecule has 18 heavy (non-hydrogen) atoms. The van der Waals surface area contributed by atoms with Gasteiger partial charge in [0.15, 0.2) is 0 Å². The van der Waals surface area contributed by atoms with E-state index >= 15 is 0 Å². The van der Waals surface area contributed by atoms with Crippen molar-refractivity contribution in [1.29, 1.82) is 0 Å². The fraction of sp³-hybridized carbons (Fsp3) is 0.250. The molecule has 0 unspecified atom stereocenters. The molecule has 0 aromatic carbocycles. The minimum absolute atomic E-state index is 0.0738. The summed E-state index contributed by atoms with van der Waals surface area (Å²) in [6.45, 7) is 0.169. The first-order valence-corrected chi connectivity index (χ1v) is 5.49. The van der Waals surface area contributed by atoms with Crippen molar-refractivity contribution in [2.75, 3.05) is 13.6 Å². The highest BCUT2D eigenvalue weighted by Crippen LogP contribution is 2.07. The van der Waals surface area contributed by atoms with Crippen LogP contribution in [-0.2, 0) is 4.79 Å². The van der Waals surface area contributed by atoms with Crippen molar-refractivity contribution < 1.29 is 14.7 Å². The third-order valence-electron chi connectivity index (χ3n) is 2.59. The second kappa shape index (κ2) is 4.87. The second-order valence-electron chi connectivity index (χ2n) is 3.96. The van der Waals surface area contributed by atoms with Gasteiger partial charge in [-0.05, 0) is 12.1 Å². The molecule has 0 saturated carbocycles. The Morgan fingerprint density at radius 1 is 1.44 bits per heavy atom. The fourth-order valence-electron chi connectivity index (χ4n) is 1.60. The van der Waals surface area contributed by atoms with Crippen molar-refractivity contribution in [2.24, 2.45) is 0 Å². The Hall–Kier alpha value is -2.37. The molecule has 1 amide bonds. The monoisotopic (exact) mass is 247 g/mol. The molecule has 0 atom stereocenters. The lowest BCUT2D eigenvalue weighted by atomic mass is 10.3. The van der Waals surface area contributed by atoms with Crippen LogP contribution in [-0.4, -0.2) is 44.9 Å². The molecule has 2 heterocycles. The Bertz CT molecular complexity index is 558. The maximum Gasteiger partial charge on any atom is 0.305 e. The van der Waals surface area contributed by atoms with Crippen molar-refractivity contribution in [3.8, 4) is 0 Å². The zero-order chi connectivity index (χ0) is 13.1. The normalized spacial score (nSPS) is 10.5. The van der Waals surface area contributed by atoms with Gasteiger partial charge in [0.25, 0.3) is 5.91 Å². The number of aliphatic carboxylic acids is 1. The number of fused-ring (bicyclic) bond motifs is 1. The average Bonchev–Trinajstić information content (AvgIpc) is 2.78. The van der Waals surface area contributed by atoms with Crippen LogP contribution in [0.2, 0.25) is 0 Å². The number of imidazole rings is 1. The molecule has 0 aliphatic carbocycles. The summed E-state index contributed by atoms with van der Waals surface area (Å²) >= 11 is 0. The standard InChI is InChI=1S/C12H13N3O3/c1-14(7-5-11(16)17)12(18)9-8-15-6-3-2-4-10(15)13-9/h2-4,6,8H,5,7H2,1H3,(H,16,17). The molecule has 0 radical (unpaired) electrons. The van der Waals surface area contributed by atoms with E-state index in [0.29, 0.717) is 11.3 Å². The topological polar surface area (TPSA) is 74.9 Å². The molecule has 6 heteroatoms. The highest BCUT2D eigenvalue weighted by atomic mass is 16.4. The van der Waals surface area contributed by atoms with Gasteiger partial charge in [-0.3, -0.25) is 9.59 Å². The van der Waals surface area contributed by atoms with Crippen LogP contribution in [0.3, 0.4) is 0 Å². The van der Waals surface area contributed by atoms with Gasteiger partial charge in [-0.25, -0.2) is 4.98 Å². The maximum absolute atomic E-state index is 12.0. The van der Waals surface area contributed by atoms with Gasteiger partial charge in [0.2, 0.25) is 0 Å². The molecule has 2 aromatic heterocycles. The third kappa shape index (κ3) is 2.48. The van der Waals surface area contributed by atoms with Gasteiger partial charge in [-0.15, -0.1) is 0 Å². The predicted molar refractivity (Wildman–Crippen MR) is 64.4 cm³/mol. The van der Waals surface area contributed by atoms with Crippen LogP contribution in [0.25, 0.3) is 5.65 Å². The van der Waals surface area contributed by atoms with Crippen molar-refractivity contribution in [2.45, 2.75) is 6.42 Å². The van der Waals surface area contributed by atoms with Crippen LogP contribution in [0.5, 0.6) is 0 Å². The van der Waals surface area contributed by atoms with Crippen LogP contribution in [0.15, 0.2) is 30.6 Å². The predicted octanol–water partition coefficient (Wildman–Crippen LogP) is 0.881. The van der Waals surface area contributed by atoms with Gasteiger partial charge in [-0.2, -0.15) is 0 Å². The van der Waals surface area contributed by atoms with E-state index in [1.807, 2.05) is 12.1 Å². The Morgan fingerprint density at radius 3 is 2.89 bits per heavy atom. The van der Waals surface area contributed by atoms with E-state index in [2.05, 4.69) is 4.98 Å². The molecule has 6 nitrogen and oxygen atoms in total. The molecule has 1 N–H and O–H groups in total. The van der Waals surface area contributed by atoms with E-state index in [9.17, 15) is 9.59 Å². The third-order valence-corrected chi connectivity index (χ3v) is 2.59. The highest BCUT2D eigenvalue weighted by Gasteiger charge is 2.15. The fourth-order valence-corrected chi connectivity index (χ4v) is 1.60. The maximum atomic E-state index is 12.0. The van der Waals surface area contributed by atoms with Gasteiger partial charge >= 0.3 is 5.97 Å². The first kappa shape index (κ1) is 12.1. The van der Waals surface area contributed by atoms with Gasteiger partial charge in [0.1, 0.15) is 11.3 Å². The van der Waals surface area contributed by atoms with Crippen molar-refractivity contribution >= 4 is 17.5 Å². The number of carboxylic acids is 1. The van der Waals surface area contributed by atoms with E-state index < -0.39 is 5.97 Å². The van der Waals surface area contributed by atoms with Crippen LogP contribution in [0.4, 0.5) is 0 Å². The first-order valence-electron chi connectivity index (χ1n) is 5.49. The van der Waals surface area contributed by atoms with Crippen LogP contribution < -0.4 is 0 Å². The minimum Gasteiger partial charge on any atom is -0.481 e. The van der Waals surface area contributed by atoms with Gasteiger partial charge in [-0.1, -0.05) is 6.07 Å². The number of aromatic nitrogens is 2. The lowest BCUT2D eigenvalue weighted by Crippen LogP contribution is -2.29. The van der Waals surface area contributed by atoms with Crippen molar-refractivity contribution in [3.05, 3.63) is 36.3 Å². The minimum atomic E-state index is -0.926. The summed E-state index contributed by atoms with van der Waals surface area (Å²) in [5.74, 6) is -1.20. The number of hydrogen-bond acceptors (Lipinski definition) is 3. The Labute approximate surface area is 103 Å². The molecular formula is C12H13N3O3. The van der Waals surface area contributed by atoms with Crippen molar-refractivity contribution in [3.63, 3.8) is 0 Å². The summed E-state index contributed by atoms with van der Waals surface area (Å²) in [7, 11) is 1.56. The molecule has 2 aromatic rings. The average molecular weight is 247 g/mol. The largest absolute Gasteiger partial charge is 0.481 e. The Balaban J connectivity index is 2.15. The highest BCUT2D eigenvalue weighted by molar-refractivity contribution is 5.92. The summed E-state index contributed by atoms with van der Waals surface area (Å²) in [6.07, 6.45) is 3.36. The SMILES string of the molecule is CN(CCC(=O)O)C(=O)c1cn2ccccc2n1. The Kier molecular flexibility index (Phi) is 3.27. The molecule has 0 aliphatic heterocycles. The smallest absolute Gasteiger partial charge is 0.305 e. The lowest BCUT2D eigenvalue weighted by Gasteiger charge is -2.13. The number of hydrogen-bond donors (Lipinski definition) is 1. The van der Waals surface area contributed by atoms with E-state index in [1.54, 1.807) is 29.9 Å². The lowest BCUT2D eigenvalue weighted by molar-refractivity contribution is -0.137. The zero-order valence-electron chi connectivity index (χ0n) is 9.91. The number of rotatable bonds is 4. The molecule has 0 spiro atoms. The van der Waals surface area contributed by atoms with Crippen LogP contribution in [0.1, 0.15) is 16.9 Å². The van der Waals surface area contributed by atoms with Gasteiger partial charge < -0.3 is 14.4 Å². The van der Waals surface area contributed by atoms with Crippen LogP contribution in [0, 0.1) is 0 Å². The molecule has 0 saturated heterocycles. The second-order valence-corrected chi connectivity index (χ2v) is 3.96. The van der Waals surface area contributed by atoms with E-state index in [-0.39, 0.29) is 18.9 Å².